The average molecular weight is 336 g/mol. The standard InChI is InChI=1S/C15H14BrNOS/c1-17(10-11-6-8-12(16)9-7-11)15(18)13-4-2-3-5-14(13)19/h2-9,19H,10H2,1H3. The zero-order valence-corrected chi connectivity index (χ0v) is 13.0. The highest BCUT2D eigenvalue weighted by Gasteiger charge is 2.14. The Kier molecular flexibility index (Phi) is 4.66. The predicted octanol–water partition coefficient (Wildman–Crippen LogP) is 4.01. The lowest BCUT2D eigenvalue weighted by atomic mass is 10.1. The molecule has 0 bridgehead atoms. The molecule has 0 fully saturated rings. The first-order valence-electron chi connectivity index (χ1n) is 5.86. The van der Waals surface area contributed by atoms with E-state index in [0.717, 1.165) is 10.0 Å². The van der Waals surface area contributed by atoms with E-state index in [1.165, 1.54) is 0 Å². The summed E-state index contributed by atoms with van der Waals surface area (Å²) in [5.41, 5.74) is 1.72. The zero-order chi connectivity index (χ0) is 13.8. The fourth-order valence-corrected chi connectivity index (χ4v) is 2.32. The second kappa shape index (κ2) is 6.26. The largest absolute Gasteiger partial charge is 0.337 e. The monoisotopic (exact) mass is 335 g/mol. The van der Waals surface area contributed by atoms with Crippen LogP contribution in [0.4, 0.5) is 0 Å². The number of amides is 1. The number of rotatable bonds is 3. The molecule has 1 amide bonds. The Balaban J connectivity index is 2.12. The fraction of sp³-hybridized carbons (Fsp3) is 0.133. The van der Waals surface area contributed by atoms with Crippen LogP contribution in [0.15, 0.2) is 57.9 Å². The number of hydrogen-bond donors (Lipinski definition) is 1. The van der Waals surface area contributed by atoms with Gasteiger partial charge in [-0.15, -0.1) is 12.6 Å². The predicted molar refractivity (Wildman–Crippen MR) is 83.6 cm³/mol. The molecule has 2 nitrogen and oxygen atoms in total. The number of benzene rings is 2. The number of carbonyl (C=O) groups excluding carboxylic acids is 1. The number of nitrogens with zero attached hydrogens (tertiary/aromatic N) is 1. The lowest BCUT2D eigenvalue weighted by Crippen LogP contribution is -2.26. The van der Waals surface area contributed by atoms with Crippen molar-refractivity contribution >= 4 is 34.5 Å². The highest BCUT2D eigenvalue weighted by molar-refractivity contribution is 9.10. The summed E-state index contributed by atoms with van der Waals surface area (Å²) < 4.78 is 1.03. The van der Waals surface area contributed by atoms with Crippen molar-refractivity contribution in [3.05, 3.63) is 64.1 Å². The molecular formula is C15H14BrNOS. The SMILES string of the molecule is CN(Cc1ccc(Br)cc1)C(=O)c1ccccc1S. The molecule has 2 aromatic carbocycles. The molecule has 19 heavy (non-hydrogen) atoms. The van der Waals surface area contributed by atoms with Gasteiger partial charge in [-0.25, -0.2) is 0 Å². The molecule has 0 spiro atoms. The topological polar surface area (TPSA) is 20.3 Å². The molecule has 0 aromatic heterocycles. The molecule has 2 rings (SSSR count). The highest BCUT2D eigenvalue weighted by atomic mass is 79.9. The third-order valence-electron chi connectivity index (χ3n) is 2.81. The Morgan fingerprint density at radius 1 is 1.16 bits per heavy atom. The Labute approximate surface area is 127 Å². The van der Waals surface area contributed by atoms with Crippen LogP contribution in [0.2, 0.25) is 0 Å². The maximum atomic E-state index is 12.3. The molecule has 0 atom stereocenters. The quantitative estimate of drug-likeness (QED) is 0.840. The van der Waals surface area contributed by atoms with Crippen LogP contribution in [0.5, 0.6) is 0 Å². The van der Waals surface area contributed by atoms with Crippen molar-refractivity contribution in [1.82, 2.24) is 4.90 Å². The Morgan fingerprint density at radius 3 is 2.42 bits per heavy atom. The molecule has 0 N–H and O–H groups in total. The van der Waals surface area contributed by atoms with E-state index in [1.807, 2.05) is 42.5 Å². The molecule has 0 saturated heterocycles. The summed E-state index contributed by atoms with van der Waals surface area (Å²) >= 11 is 7.71. The lowest BCUT2D eigenvalue weighted by molar-refractivity contribution is 0.0782. The zero-order valence-electron chi connectivity index (χ0n) is 10.5. The van der Waals surface area contributed by atoms with Gasteiger partial charge in [0.1, 0.15) is 0 Å². The van der Waals surface area contributed by atoms with E-state index in [2.05, 4.69) is 28.6 Å². The van der Waals surface area contributed by atoms with Gasteiger partial charge in [0.15, 0.2) is 0 Å². The highest BCUT2D eigenvalue weighted by Crippen LogP contribution is 2.17. The second-order valence-corrected chi connectivity index (χ2v) is 5.70. The molecule has 0 unspecified atom stereocenters. The van der Waals surface area contributed by atoms with Crippen LogP contribution in [-0.4, -0.2) is 17.9 Å². The summed E-state index contributed by atoms with van der Waals surface area (Å²) in [6, 6.07) is 15.3. The van der Waals surface area contributed by atoms with E-state index in [-0.39, 0.29) is 5.91 Å². The summed E-state index contributed by atoms with van der Waals surface area (Å²) in [6.45, 7) is 0.578. The van der Waals surface area contributed by atoms with E-state index in [0.29, 0.717) is 17.0 Å². The first-order chi connectivity index (χ1) is 9.08. The molecule has 98 valence electrons. The maximum absolute atomic E-state index is 12.3. The van der Waals surface area contributed by atoms with Crippen LogP contribution in [0, 0.1) is 0 Å². The molecule has 0 radical (unpaired) electrons. The van der Waals surface area contributed by atoms with Crippen molar-refractivity contribution in [2.24, 2.45) is 0 Å². The van der Waals surface area contributed by atoms with Gasteiger partial charge in [0.25, 0.3) is 5.91 Å². The molecule has 0 aliphatic heterocycles. The van der Waals surface area contributed by atoms with E-state index in [4.69, 9.17) is 0 Å². The summed E-state index contributed by atoms with van der Waals surface area (Å²) in [5, 5.41) is 0. The second-order valence-electron chi connectivity index (χ2n) is 4.30. The van der Waals surface area contributed by atoms with E-state index in [1.54, 1.807) is 18.0 Å². The van der Waals surface area contributed by atoms with Crippen LogP contribution in [0.1, 0.15) is 15.9 Å². The van der Waals surface area contributed by atoms with Crippen LogP contribution in [0.25, 0.3) is 0 Å². The minimum Gasteiger partial charge on any atom is -0.337 e. The lowest BCUT2D eigenvalue weighted by Gasteiger charge is -2.18. The van der Waals surface area contributed by atoms with Gasteiger partial charge in [0.05, 0.1) is 5.56 Å². The third kappa shape index (κ3) is 3.61. The molecule has 4 heteroatoms. The van der Waals surface area contributed by atoms with Crippen LogP contribution in [0.3, 0.4) is 0 Å². The Morgan fingerprint density at radius 2 is 1.79 bits per heavy atom. The number of thiol groups is 1. The first-order valence-corrected chi connectivity index (χ1v) is 7.10. The molecule has 2 aromatic rings. The molecule has 0 saturated carbocycles. The van der Waals surface area contributed by atoms with Gasteiger partial charge in [-0.2, -0.15) is 0 Å². The van der Waals surface area contributed by atoms with Gasteiger partial charge in [-0.05, 0) is 29.8 Å². The van der Waals surface area contributed by atoms with Crippen molar-refractivity contribution in [3.8, 4) is 0 Å². The minimum atomic E-state index is -0.0199. The molecule has 0 heterocycles. The van der Waals surface area contributed by atoms with Crippen LogP contribution in [-0.2, 0) is 6.54 Å². The van der Waals surface area contributed by atoms with E-state index in [9.17, 15) is 4.79 Å². The average Bonchev–Trinajstić information content (AvgIpc) is 2.41. The Bertz CT molecular complexity index is 583. The van der Waals surface area contributed by atoms with Crippen molar-refractivity contribution < 1.29 is 4.79 Å². The van der Waals surface area contributed by atoms with Gasteiger partial charge >= 0.3 is 0 Å². The summed E-state index contributed by atoms with van der Waals surface area (Å²) in [7, 11) is 1.80. The van der Waals surface area contributed by atoms with E-state index >= 15 is 0 Å². The van der Waals surface area contributed by atoms with Gasteiger partial charge in [0, 0.05) is 23.0 Å². The van der Waals surface area contributed by atoms with Gasteiger partial charge in [-0.3, -0.25) is 4.79 Å². The fourth-order valence-electron chi connectivity index (χ4n) is 1.80. The van der Waals surface area contributed by atoms with Gasteiger partial charge in [0.2, 0.25) is 0 Å². The first kappa shape index (κ1) is 14.2. The van der Waals surface area contributed by atoms with Gasteiger partial charge in [-0.1, -0.05) is 40.2 Å². The van der Waals surface area contributed by atoms with Crippen molar-refractivity contribution in [1.29, 1.82) is 0 Å². The summed E-state index contributed by atoms with van der Waals surface area (Å²) in [6.07, 6.45) is 0. The number of halogens is 1. The molecule has 0 aliphatic rings. The smallest absolute Gasteiger partial charge is 0.255 e. The molecular weight excluding hydrogens is 322 g/mol. The third-order valence-corrected chi connectivity index (χ3v) is 3.73. The number of carbonyl (C=O) groups is 1. The van der Waals surface area contributed by atoms with Crippen LogP contribution < -0.4 is 0 Å². The van der Waals surface area contributed by atoms with E-state index < -0.39 is 0 Å². The minimum absolute atomic E-state index is 0.0199. The van der Waals surface area contributed by atoms with Crippen molar-refractivity contribution in [2.45, 2.75) is 11.4 Å². The normalized spacial score (nSPS) is 10.3. The number of hydrogen-bond acceptors (Lipinski definition) is 2. The van der Waals surface area contributed by atoms with Gasteiger partial charge < -0.3 is 4.90 Å². The summed E-state index contributed by atoms with van der Waals surface area (Å²) in [5.74, 6) is -0.0199. The van der Waals surface area contributed by atoms with Crippen molar-refractivity contribution in [3.63, 3.8) is 0 Å². The van der Waals surface area contributed by atoms with Crippen LogP contribution >= 0.6 is 28.6 Å². The summed E-state index contributed by atoms with van der Waals surface area (Å²) in [4.78, 5) is 14.7. The van der Waals surface area contributed by atoms with Crippen molar-refractivity contribution in [2.75, 3.05) is 7.05 Å². The molecule has 0 aliphatic carbocycles. The maximum Gasteiger partial charge on any atom is 0.255 e. The Hall–Kier alpha value is -1.26.